The van der Waals surface area contributed by atoms with Gasteiger partial charge < -0.3 is 14.7 Å². The summed E-state index contributed by atoms with van der Waals surface area (Å²) in [4.78, 5) is 18.5. The van der Waals surface area contributed by atoms with Crippen LogP contribution in [-0.2, 0) is 41.5 Å². The van der Waals surface area contributed by atoms with E-state index in [2.05, 4.69) is 27.0 Å². The molecule has 44 heavy (non-hydrogen) atoms. The van der Waals surface area contributed by atoms with E-state index in [9.17, 15) is 26.5 Å². The number of rotatable bonds is 7. The number of halogens is 2. The zero-order valence-corrected chi connectivity index (χ0v) is 26.2. The van der Waals surface area contributed by atoms with Crippen molar-refractivity contribution >= 4 is 27.4 Å². The molecule has 0 aliphatic carbocycles. The summed E-state index contributed by atoms with van der Waals surface area (Å²) in [5.41, 5.74) is 7.22. The number of carbonyl (C=O) groups excluding carboxylic acids is 1. The van der Waals surface area contributed by atoms with E-state index in [0.29, 0.717) is 43.9 Å². The molecule has 1 atom stereocenters. The normalized spacial score (nSPS) is 18.5. The molecule has 2 aromatic carbocycles. The van der Waals surface area contributed by atoms with Crippen LogP contribution in [0.25, 0.3) is 11.1 Å². The number of hydrogen-bond acceptors (Lipinski definition) is 6. The molecule has 1 aromatic heterocycles. The van der Waals surface area contributed by atoms with Gasteiger partial charge in [0.15, 0.2) is 0 Å². The highest BCUT2D eigenvalue weighted by Crippen LogP contribution is 2.45. The van der Waals surface area contributed by atoms with Crippen LogP contribution in [0.3, 0.4) is 0 Å². The molecule has 1 unspecified atom stereocenters. The van der Waals surface area contributed by atoms with E-state index in [1.54, 1.807) is 37.1 Å². The number of piperidine rings is 1. The molecule has 12 heteroatoms. The van der Waals surface area contributed by atoms with Gasteiger partial charge in [-0.3, -0.25) is 14.0 Å². The number of fused-ring (bicyclic) bond motifs is 2. The summed E-state index contributed by atoms with van der Waals surface area (Å²) < 4.78 is 63.2. The van der Waals surface area contributed by atoms with Crippen LogP contribution in [0.2, 0.25) is 0 Å². The quantitative estimate of drug-likeness (QED) is 0.349. The number of aromatic nitrogens is 2. The fourth-order valence-electron chi connectivity index (χ4n) is 7.01. The molecule has 1 fully saturated rings. The summed E-state index contributed by atoms with van der Waals surface area (Å²) in [5.74, 6) is 0.228. The second-order valence-electron chi connectivity index (χ2n) is 12.5. The lowest BCUT2D eigenvalue weighted by Crippen LogP contribution is -2.40. The standard InChI is InChI=1S/C32H39F2N5O4S/c1-20(44(41,42)43)16-37-9-6-22(7-10-37)24-11-25-18-38(21(2)40)19-29(25)31(13-24)39-8-4-5-23-12-27(26-15-35-36(3)17-26)28(32(33)34)14-30(23)39/h11-15,17,20,22,32H,4-10,16,18-19H2,1-3H3,(H,41,42,43). The highest BCUT2D eigenvalue weighted by atomic mass is 32.2. The predicted molar refractivity (Wildman–Crippen MR) is 165 cm³/mol. The summed E-state index contributed by atoms with van der Waals surface area (Å²) in [6.45, 7) is 6.46. The molecule has 1 saturated heterocycles. The molecule has 3 aliphatic heterocycles. The van der Waals surface area contributed by atoms with Crippen LogP contribution in [0.15, 0.2) is 36.7 Å². The van der Waals surface area contributed by atoms with Crippen molar-refractivity contribution in [3.05, 3.63) is 64.5 Å². The molecule has 3 aliphatic rings. The fraction of sp³-hybridized carbons (Fsp3) is 0.500. The lowest BCUT2D eigenvalue weighted by Gasteiger charge is -2.36. The first-order valence-corrected chi connectivity index (χ1v) is 16.7. The minimum Gasteiger partial charge on any atom is -0.341 e. The number of likely N-dealkylation sites (tertiary alicyclic amines) is 1. The van der Waals surface area contributed by atoms with E-state index in [4.69, 9.17) is 0 Å². The molecule has 1 amide bonds. The van der Waals surface area contributed by atoms with Gasteiger partial charge in [0.25, 0.3) is 16.5 Å². The summed E-state index contributed by atoms with van der Waals surface area (Å²) in [6.07, 6.45) is 4.03. The predicted octanol–water partition coefficient (Wildman–Crippen LogP) is 5.43. The van der Waals surface area contributed by atoms with Crippen LogP contribution >= 0.6 is 0 Å². The van der Waals surface area contributed by atoms with Crippen molar-refractivity contribution in [3.8, 4) is 11.1 Å². The van der Waals surface area contributed by atoms with E-state index in [1.807, 2.05) is 11.0 Å². The number of carbonyl (C=O) groups is 1. The van der Waals surface area contributed by atoms with Crippen molar-refractivity contribution in [2.45, 2.75) is 70.2 Å². The van der Waals surface area contributed by atoms with Crippen molar-refractivity contribution in [3.63, 3.8) is 0 Å². The largest absolute Gasteiger partial charge is 0.341 e. The first kappa shape index (κ1) is 30.7. The molecule has 0 bridgehead atoms. The summed E-state index contributed by atoms with van der Waals surface area (Å²) >= 11 is 0. The Bertz CT molecular complexity index is 1680. The van der Waals surface area contributed by atoms with Crippen LogP contribution in [-0.4, -0.2) is 69.9 Å². The van der Waals surface area contributed by atoms with Gasteiger partial charge in [-0.05, 0) is 92.1 Å². The lowest BCUT2D eigenvalue weighted by atomic mass is 9.86. The number of anilines is 2. The maximum atomic E-state index is 14.5. The van der Waals surface area contributed by atoms with E-state index in [1.165, 1.54) is 6.92 Å². The maximum absolute atomic E-state index is 14.5. The topological polar surface area (TPSA) is 99.0 Å². The van der Waals surface area contributed by atoms with E-state index >= 15 is 0 Å². The zero-order valence-electron chi connectivity index (χ0n) is 25.3. The zero-order chi connectivity index (χ0) is 31.3. The Morgan fingerprint density at radius 1 is 1.07 bits per heavy atom. The SMILES string of the molecule is CC(=O)N1Cc2cc(C3CCN(CC(C)S(=O)(=O)O)CC3)cc(N3CCCc4cc(-c5cnn(C)c5)c(C(F)F)cc43)c2C1. The van der Waals surface area contributed by atoms with Gasteiger partial charge in [0.2, 0.25) is 5.91 Å². The van der Waals surface area contributed by atoms with Gasteiger partial charge in [0, 0.05) is 74.4 Å². The molecule has 3 aromatic rings. The fourth-order valence-corrected chi connectivity index (χ4v) is 7.41. The van der Waals surface area contributed by atoms with Crippen molar-refractivity contribution in [2.75, 3.05) is 31.1 Å². The number of alkyl halides is 2. The molecule has 1 N–H and O–H groups in total. The Hall–Kier alpha value is -3.35. The second kappa shape index (κ2) is 11.9. The molecule has 0 saturated carbocycles. The van der Waals surface area contributed by atoms with Crippen LogP contribution in [0.1, 0.15) is 73.3 Å². The summed E-state index contributed by atoms with van der Waals surface area (Å²) in [7, 11) is -2.31. The number of benzene rings is 2. The first-order chi connectivity index (χ1) is 20.9. The Morgan fingerprint density at radius 2 is 1.82 bits per heavy atom. The minimum atomic E-state index is -4.09. The van der Waals surface area contributed by atoms with Gasteiger partial charge in [0.1, 0.15) is 0 Å². The number of aryl methyl sites for hydroxylation is 2. The molecular weight excluding hydrogens is 588 g/mol. The molecular formula is C32H39F2N5O4S. The third kappa shape index (κ3) is 5.99. The van der Waals surface area contributed by atoms with Gasteiger partial charge in [0.05, 0.1) is 11.4 Å². The Labute approximate surface area is 257 Å². The van der Waals surface area contributed by atoms with Crippen LogP contribution in [0, 0.1) is 0 Å². The van der Waals surface area contributed by atoms with Crippen LogP contribution < -0.4 is 4.90 Å². The molecule has 6 rings (SSSR count). The van der Waals surface area contributed by atoms with Crippen molar-refractivity contribution < 1.29 is 26.5 Å². The monoisotopic (exact) mass is 627 g/mol. The summed E-state index contributed by atoms with van der Waals surface area (Å²) in [5, 5.41) is 3.35. The molecule has 0 spiro atoms. The highest BCUT2D eigenvalue weighted by molar-refractivity contribution is 7.86. The average molecular weight is 628 g/mol. The molecule has 4 heterocycles. The first-order valence-electron chi connectivity index (χ1n) is 15.2. The average Bonchev–Trinajstić information content (AvgIpc) is 3.62. The van der Waals surface area contributed by atoms with Crippen LogP contribution in [0.5, 0.6) is 0 Å². The summed E-state index contributed by atoms with van der Waals surface area (Å²) in [6, 6.07) is 7.93. The van der Waals surface area contributed by atoms with Crippen molar-refractivity contribution in [1.29, 1.82) is 0 Å². The second-order valence-corrected chi connectivity index (χ2v) is 14.3. The van der Waals surface area contributed by atoms with Crippen molar-refractivity contribution in [2.24, 2.45) is 7.05 Å². The number of hydrogen-bond donors (Lipinski definition) is 1. The maximum Gasteiger partial charge on any atom is 0.268 e. The molecule has 236 valence electrons. The third-order valence-electron chi connectivity index (χ3n) is 9.49. The highest BCUT2D eigenvalue weighted by Gasteiger charge is 2.32. The van der Waals surface area contributed by atoms with Gasteiger partial charge in [-0.25, -0.2) is 8.78 Å². The van der Waals surface area contributed by atoms with Gasteiger partial charge >= 0.3 is 0 Å². The smallest absolute Gasteiger partial charge is 0.268 e. The van der Waals surface area contributed by atoms with Gasteiger partial charge in [-0.15, -0.1) is 0 Å². The van der Waals surface area contributed by atoms with Crippen molar-refractivity contribution in [1.82, 2.24) is 19.6 Å². The molecule has 9 nitrogen and oxygen atoms in total. The molecule has 0 radical (unpaired) electrons. The van der Waals surface area contributed by atoms with E-state index < -0.39 is 21.8 Å². The van der Waals surface area contributed by atoms with E-state index in [0.717, 1.165) is 59.3 Å². The minimum absolute atomic E-state index is 0.00453. The van der Waals surface area contributed by atoms with E-state index in [-0.39, 0.29) is 23.9 Å². The lowest BCUT2D eigenvalue weighted by molar-refractivity contribution is -0.129. The Morgan fingerprint density at radius 3 is 2.45 bits per heavy atom. The number of nitrogens with zero attached hydrogens (tertiary/aromatic N) is 5. The Balaban J connectivity index is 1.36. The van der Waals surface area contributed by atoms with Crippen LogP contribution in [0.4, 0.5) is 20.2 Å². The third-order valence-corrected chi connectivity index (χ3v) is 10.7. The Kier molecular flexibility index (Phi) is 8.27. The van der Waals surface area contributed by atoms with Gasteiger partial charge in [-0.2, -0.15) is 13.5 Å². The van der Waals surface area contributed by atoms with Gasteiger partial charge in [-0.1, -0.05) is 6.07 Å². The number of amides is 1.